The van der Waals surface area contributed by atoms with Gasteiger partial charge in [-0.2, -0.15) is 0 Å². The molecule has 17 heavy (non-hydrogen) atoms. The highest BCUT2D eigenvalue weighted by Gasteiger charge is 2.18. The van der Waals surface area contributed by atoms with Gasteiger partial charge in [0.2, 0.25) is 0 Å². The van der Waals surface area contributed by atoms with E-state index in [1.54, 1.807) is 13.8 Å². The highest BCUT2D eigenvalue weighted by Crippen LogP contribution is 1.94. The average molecular weight is 245 g/mol. The van der Waals surface area contributed by atoms with Crippen molar-refractivity contribution in [2.24, 2.45) is 0 Å². The smallest absolute Gasteiger partial charge is 0.417 e. The maximum atomic E-state index is 11.2. The van der Waals surface area contributed by atoms with E-state index in [-0.39, 0.29) is 12.7 Å². The van der Waals surface area contributed by atoms with Crippen LogP contribution < -0.4 is 0 Å². The van der Waals surface area contributed by atoms with Crippen LogP contribution in [-0.4, -0.2) is 49.2 Å². The van der Waals surface area contributed by atoms with Crippen LogP contribution in [-0.2, 0) is 19.1 Å². The SMILES string of the molecule is CCCN(CC)CCOC(=O)C(=O)OC(C)C. The number of nitrogens with zero attached hydrogens (tertiary/aromatic N) is 1. The summed E-state index contributed by atoms with van der Waals surface area (Å²) in [6, 6.07) is 0. The lowest BCUT2D eigenvalue weighted by atomic mass is 10.4. The molecular formula is C12H23NO4. The maximum Gasteiger partial charge on any atom is 0.417 e. The lowest BCUT2D eigenvalue weighted by Crippen LogP contribution is -2.31. The summed E-state index contributed by atoms with van der Waals surface area (Å²) >= 11 is 0. The highest BCUT2D eigenvalue weighted by atomic mass is 16.6. The fraction of sp³-hybridized carbons (Fsp3) is 0.833. The number of ether oxygens (including phenoxy) is 2. The fourth-order valence-electron chi connectivity index (χ4n) is 1.33. The Labute approximate surface area is 103 Å². The quantitative estimate of drug-likeness (QED) is 0.498. The lowest BCUT2D eigenvalue weighted by molar-refractivity contribution is -0.170. The molecule has 0 fully saturated rings. The number of esters is 2. The minimum atomic E-state index is -0.918. The first kappa shape index (κ1) is 15.9. The molecule has 0 spiro atoms. The molecule has 0 atom stereocenters. The molecule has 0 aliphatic rings. The Morgan fingerprint density at radius 2 is 1.76 bits per heavy atom. The van der Waals surface area contributed by atoms with E-state index in [0.29, 0.717) is 6.54 Å². The van der Waals surface area contributed by atoms with Crippen molar-refractivity contribution < 1.29 is 19.1 Å². The Morgan fingerprint density at radius 1 is 1.12 bits per heavy atom. The highest BCUT2D eigenvalue weighted by molar-refractivity contribution is 6.29. The third-order valence-electron chi connectivity index (χ3n) is 2.14. The van der Waals surface area contributed by atoms with Gasteiger partial charge in [-0.25, -0.2) is 9.59 Å². The normalized spacial score (nSPS) is 10.7. The minimum Gasteiger partial charge on any atom is -0.456 e. The van der Waals surface area contributed by atoms with Crippen molar-refractivity contribution in [3.8, 4) is 0 Å². The van der Waals surface area contributed by atoms with Gasteiger partial charge in [-0.15, -0.1) is 0 Å². The van der Waals surface area contributed by atoms with Crippen LogP contribution in [0.25, 0.3) is 0 Å². The first-order valence-corrected chi connectivity index (χ1v) is 6.11. The Balaban J connectivity index is 3.80. The molecule has 0 saturated carbocycles. The van der Waals surface area contributed by atoms with Crippen molar-refractivity contribution >= 4 is 11.9 Å². The molecule has 0 N–H and O–H groups in total. The van der Waals surface area contributed by atoms with Crippen LogP contribution >= 0.6 is 0 Å². The Morgan fingerprint density at radius 3 is 2.24 bits per heavy atom. The zero-order chi connectivity index (χ0) is 13.3. The molecule has 0 aliphatic carbocycles. The van der Waals surface area contributed by atoms with E-state index < -0.39 is 11.9 Å². The number of carbonyl (C=O) groups is 2. The largest absolute Gasteiger partial charge is 0.456 e. The monoisotopic (exact) mass is 245 g/mol. The maximum absolute atomic E-state index is 11.2. The van der Waals surface area contributed by atoms with E-state index in [1.165, 1.54) is 0 Å². The number of carbonyl (C=O) groups excluding carboxylic acids is 2. The van der Waals surface area contributed by atoms with Crippen LogP contribution in [0.5, 0.6) is 0 Å². The minimum absolute atomic E-state index is 0.222. The van der Waals surface area contributed by atoms with Gasteiger partial charge < -0.3 is 14.4 Å². The van der Waals surface area contributed by atoms with Crippen molar-refractivity contribution in [1.29, 1.82) is 0 Å². The molecule has 0 amide bonds. The zero-order valence-corrected chi connectivity index (χ0v) is 11.2. The second kappa shape index (κ2) is 8.98. The molecule has 0 radical (unpaired) electrons. The molecule has 0 saturated heterocycles. The fourth-order valence-corrected chi connectivity index (χ4v) is 1.33. The second-order valence-corrected chi connectivity index (χ2v) is 4.02. The van der Waals surface area contributed by atoms with Crippen LogP contribution in [0.15, 0.2) is 0 Å². The number of hydrogen-bond acceptors (Lipinski definition) is 5. The van der Waals surface area contributed by atoms with E-state index in [9.17, 15) is 9.59 Å². The standard InChI is InChI=1S/C12H23NO4/c1-5-7-13(6-2)8-9-16-11(14)12(15)17-10(3)4/h10H,5-9H2,1-4H3. The average Bonchev–Trinajstić information content (AvgIpc) is 2.26. The van der Waals surface area contributed by atoms with Gasteiger partial charge in [0.15, 0.2) is 0 Å². The summed E-state index contributed by atoms with van der Waals surface area (Å²) in [7, 11) is 0. The van der Waals surface area contributed by atoms with E-state index >= 15 is 0 Å². The van der Waals surface area contributed by atoms with Crippen LogP contribution in [0.2, 0.25) is 0 Å². The lowest BCUT2D eigenvalue weighted by Gasteiger charge is -2.18. The van der Waals surface area contributed by atoms with E-state index in [0.717, 1.165) is 19.5 Å². The Bertz CT molecular complexity index is 241. The summed E-state index contributed by atoms with van der Waals surface area (Å²) in [6.45, 7) is 10.2. The van der Waals surface area contributed by atoms with Gasteiger partial charge in [-0.1, -0.05) is 13.8 Å². The third-order valence-corrected chi connectivity index (χ3v) is 2.14. The molecule has 0 aromatic carbocycles. The molecule has 0 aromatic rings. The summed E-state index contributed by atoms with van der Waals surface area (Å²) in [5.74, 6) is -1.83. The Hall–Kier alpha value is -1.10. The number of hydrogen-bond donors (Lipinski definition) is 0. The van der Waals surface area contributed by atoms with Crippen molar-refractivity contribution in [2.75, 3.05) is 26.2 Å². The Kier molecular flexibility index (Phi) is 8.40. The van der Waals surface area contributed by atoms with Gasteiger partial charge in [0.25, 0.3) is 0 Å². The molecule has 0 aromatic heterocycles. The van der Waals surface area contributed by atoms with E-state index in [1.807, 2.05) is 6.92 Å². The van der Waals surface area contributed by atoms with Crippen LogP contribution in [0.3, 0.4) is 0 Å². The molecule has 0 heterocycles. The van der Waals surface area contributed by atoms with E-state index in [4.69, 9.17) is 9.47 Å². The van der Waals surface area contributed by atoms with Gasteiger partial charge in [0.1, 0.15) is 6.61 Å². The molecule has 0 unspecified atom stereocenters. The van der Waals surface area contributed by atoms with Crippen LogP contribution in [0.1, 0.15) is 34.1 Å². The first-order valence-electron chi connectivity index (χ1n) is 6.11. The van der Waals surface area contributed by atoms with Crippen LogP contribution in [0, 0.1) is 0 Å². The molecule has 0 rings (SSSR count). The van der Waals surface area contributed by atoms with Gasteiger partial charge >= 0.3 is 11.9 Å². The van der Waals surface area contributed by atoms with Gasteiger partial charge in [0.05, 0.1) is 6.10 Å². The van der Waals surface area contributed by atoms with Gasteiger partial charge in [0, 0.05) is 6.54 Å². The van der Waals surface area contributed by atoms with Crippen molar-refractivity contribution in [2.45, 2.75) is 40.2 Å². The van der Waals surface area contributed by atoms with Crippen LogP contribution in [0.4, 0.5) is 0 Å². The summed E-state index contributed by atoms with van der Waals surface area (Å²) in [5.41, 5.74) is 0. The van der Waals surface area contributed by atoms with Gasteiger partial charge in [-0.3, -0.25) is 0 Å². The number of rotatable bonds is 7. The molecule has 100 valence electrons. The first-order chi connectivity index (χ1) is 8.01. The topological polar surface area (TPSA) is 55.8 Å². The predicted octanol–water partition coefficient (Wildman–Crippen LogP) is 1.21. The molecule has 0 bridgehead atoms. The zero-order valence-electron chi connectivity index (χ0n) is 11.2. The summed E-state index contributed by atoms with van der Waals surface area (Å²) in [4.78, 5) is 24.5. The summed E-state index contributed by atoms with van der Waals surface area (Å²) in [5, 5.41) is 0. The van der Waals surface area contributed by atoms with E-state index in [2.05, 4.69) is 11.8 Å². The summed E-state index contributed by atoms with van der Waals surface area (Å²) < 4.78 is 9.54. The third kappa shape index (κ3) is 7.74. The van der Waals surface area contributed by atoms with Crippen molar-refractivity contribution in [1.82, 2.24) is 4.90 Å². The van der Waals surface area contributed by atoms with Crippen molar-refractivity contribution in [3.05, 3.63) is 0 Å². The van der Waals surface area contributed by atoms with Crippen molar-refractivity contribution in [3.63, 3.8) is 0 Å². The molecule has 5 heteroatoms. The van der Waals surface area contributed by atoms with Gasteiger partial charge in [-0.05, 0) is 33.4 Å². The molecule has 0 aliphatic heterocycles. The number of likely N-dealkylation sites (N-methyl/N-ethyl adjacent to an activating group) is 1. The molecular weight excluding hydrogens is 222 g/mol. The predicted molar refractivity (Wildman–Crippen MR) is 64.6 cm³/mol. The second-order valence-electron chi connectivity index (χ2n) is 4.02. The summed E-state index contributed by atoms with van der Waals surface area (Å²) in [6.07, 6.45) is 0.749. The molecule has 5 nitrogen and oxygen atoms in total.